The Hall–Kier alpha value is -4.13. The molecule has 7 heteroatoms. The minimum Gasteiger partial charge on any atom is -0.457 e. The maximum Gasteiger partial charge on any atom is 0.326 e. The molecule has 0 radical (unpaired) electrons. The number of nitrogens with one attached hydrogen (secondary N) is 1. The zero-order valence-corrected chi connectivity index (χ0v) is 18.1. The minimum atomic E-state index is -0.542. The third kappa shape index (κ3) is 5.57. The number of hydrogen-bond donors (Lipinski definition) is 1. The molecule has 2 bridgehead atoms. The van der Waals surface area contributed by atoms with Crippen LogP contribution in [-0.4, -0.2) is 41.8 Å². The van der Waals surface area contributed by atoms with Crippen LogP contribution in [0, 0.1) is 0 Å². The third-order valence-corrected chi connectivity index (χ3v) is 5.21. The first-order valence-electron chi connectivity index (χ1n) is 10.6. The van der Waals surface area contributed by atoms with Gasteiger partial charge in [-0.25, -0.2) is 0 Å². The van der Waals surface area contributed by atoms with Crippen molar-refractivity contribution in [2.45, 2.75) is 19.1 Å². The molecular weight excluding hydrogens is 420 g/mol. The summed E-state index contributed by atoms with van der Waals surface area (Å²) in [5.41, 5.74) is 1.72. The Kier molecular flexibility index (Phi) is 6.69. The van der Waals surface area contributed by atoms with E-state index in [1.165, 1.54) is 11.8 Å². The number of hydrogen-bond acceptors (Lipinski definition) is 5. The van der Waals surface area contributed by atoms with Gasteiger partial charge < -0.3 is 19.7 Å². The van der Waals surface area contributed by atoms with E-state index >= 15 is 0 Å². The van der Waals surface area contributed by atoms with Crippen LogP contribution in [0.25, 0.3) is 0 Å². The van der Waals surface area contributed by atoms with E-state index < -0.39 is 18.1 Å². The number of amides is 2. The molecule has 3 heterocycles. The van der Waals surface area contributed by atoms with Gasteiger partial charge in [-0.2, -0.15) is 0 Å². The highest BCUT2D eigenvalue weighted by Crippen LogP contribution is 2.33. The molecule has 1 N–H and O–H groups in total. The molecule has 33 heavy (non-hydrogen) atoms. The molecular formula is C26H24N2O5. The SMILES string of the molecule is CC(=O)NC1CN(CC(=O)OC(c2ccccc2)c2ccccc2)C1=O.c1cc2cc(c1)O2. The molecule has 168 valence electrons. The van der Waals surface area contributed by atoms with Crippen molar-refractivity contribution in [1.82, 2.24) is 10.2 Å². The summed E-state index contributed by atoms with van der Waals surface area (Å²) in [4.78, 5) is 36.7. The lowest BCUT2D eigenvalue weighted by atomic mass is 10.0. The van der Waals surface area contributed by atoms with E-state index in [2.05, 4.69) is 5.32 Å². The zero-order valence-electron chi connectivity index (χ0n) is 18.1. The molecule has 3 aromatic rings. The van der Waals surface area contributed by atoms with Crippen molar-refractivity contribution >= 4 is 17.8 Å². The van der Waals surface area contributed by atoms with Gasteiger partial charge in [-0.1, -0.05) is 66.7 Å². The highest BCUT2D eigenvalue weighted by atomic mass is 16.5. The van der Waals surface area contributed by atoms with Crippen molar-refractivity contribution in [2.24, 2.45) is 0 Å². The molecule has 6 rings (SSSR count). The molecule has 2 amide bonds. The van der Waals surface area contributed by atoms with Crippen LogP contribution in [0.5, 0.6) is 11.5 Å². The third-order valence-electron chi connectivity index (χ3n) is 5.21. The Morgan fingerprint density at radius 1 is 0.970 bits per heavy atom. The number of β-lactam (4-membered cyclic amide) rings is 1. The van der Waals surface area contributed by atoms with Gasteiger partial charge in [0.2, 0.25) is 11.8 Å². The highest BCUT2D eigenvalue weighted by Gasteiger charge is 2.38. The number of benzene rings is 3. The molecule has 0 spiro atoms. The summed E-state index contributed by atoms with van der Waals surface area (Å²) in [5, 5.41) is 2.54. The van der Waals surface area contributed by atoms with Gasteiger partial charge in [-0.05, 0) is 23.3 Å². The second-order valence-corrected chi connectivity index (χ2v) is 7.74. The number of fused-ring (bicyclic) bond motifs is 2. The van der Waals surface area contributed by atoms with Gasteiger partial charge in [0, 0.05) is 13.0 Å². The largest absolute Gasteiger partial charge is 0.457 e. The van der Waals surface area contributed by atoms with E-state index in [9.17, 15) is 14.4 Å². The number of rotatable bonds is 6. The summed E-state index contributed by atoms with van der Waals surface area (Å²) in [5.74, 6) is 0.944. The van der Waals surface area contributed by atoms with E-state index in [0.29, 0.717) is 6.54 Å². The standard InChI is InChI=1S/C20H20N2O4.C6H4O/c1-14(23)21-17-12-22(20(17)25)13-18(24)26-19(15-8-4-2-5-9-15)16-10-6-3-7-11-16;1-2-5-4-6(3-1)7-5/h2-11,17,19H,12-13H2,1H3,(H,21,23);1-4H. The predicted octanol–water partition coefficient (Wildman–Crippen LogP) is 3.46. The molecule has 1 fully saturated rings. The quantitative estimate of drug-likeness (QED) is 0.364. The average molecular weight is 444 g/mol. The maximum atomic E-state index is 12.4. The molecule has 0 saturated carbocycles. The van der Waals surface area contributed by atoms with E-state index in [-0.39, 0.29) is 18.4 Å². The van der Waals surface area contributed by atoms with Crippen LogP contribution >= 0.6 is 0 Å². The maximum absolute atomic E-state index is 12.4. The number of ether oxygens (including phenoxy) is 2. The summed E-state index contributed by atoms with van der Waals surface area (Å²) in [6, 6.07) is 26.2. The first-order valence-corrected chi connectivity index (χ1v) is 10.6. The van der Waals surface area contributed by atoms with Crippen molar-refractivity contribution < 1.29 is 23.9 Å². The predicted molar refractivity (Wildman–Crippen MR) is 122 cm³/mol. The van der Waals surface area contributed by atoms with E-state index in [1.807, 2.05) is 84.9 Å². The van der Waals surface area contributed by atoms with Crippen LogP contribution in [0.3, 0.4) is 0 Å². The average Bonchev–Trinajstić information content (AvgIpc) is 2.83. The van der Waals surface area contributed by atoms with Crippen molar-refractivity contribution in [3.05, 3.63) is 96.1 Å². The van der Waals surface area contributed by atoms with Crippen molar-refractivity contribution in [2.75, 3.05) is 13.1 Å². The van der Waals surface area contributed by atoms with Crippen LogP contribution in [0.2, 0.25) is 0 Å². The minimum absolute atomic E-state index is 0.134. The van der Waals surface area contributed by atoms with Crippen LogP contribution < -0.4 is 10.1 Å². The van der Waals surface area contributed by atoms with Gasteiger partial charge in [0.25, 0.3) is 0 Å². The van der Waals surface area contributed by atoms with Crippen LogP contribution in [-0.2, 0) is 19.1 Å². The lowest BCUT2D eigenvalue weighted by molar-refractivity contribution is -0.158. The molecule has 0 aliphatic carbocycles. The van der Waals surface area contributed by atoms with E-state index in [4.69, 9.17) is 9.47 Å². The number of likely N-dealkylation sites (tertiary alicyclic amines) is 1. The van der Waals surface area contributed by atoms with Gasteiger partial charge in [-0.3, -0.25) is 14.4 Å². The number of nitrogens with zero attached hydrogens (tertiary/aromatic N) is 1. The van der Waals surface area contributed by atoms with Crippen LogP contribution in [0.4, 0.5) is 0 Å². The van der Waals surface area contributed by atoms with Gasteiger partial charge >= 0.3 is 5.97 Å². The Morgan fingerprint density at radius 2 is 1.52 bits per heavy atom. The summed E-state index contributed by atoms with van der Waals surface area (Å²) in [7, 11) is 0. The summed E-state index contributed by atoms with van der Waals surface area (Å²) in [6.07, 6.45) is -0.535. The van der Waals surface area contributed by atoms with Gasteiger partial charge in [0.05, 0.1) is 6.54 Å². The van der Waals surface area contributed by atoms with Crippen LogP contribution in [0.15, 0.2) is 84.9 Å². The van der Waals surface area contributed by atoms with Crippen molar-refractivity contribution in [1.29, 1.82) is 0 Å². The fourth-order valence-electron chi connectivity index (χ4n) is 3.58. The Labute approximate surface area is 191 Å². The fraction of sp³-hybridized carbons (Fsp3) is 0.192. The highest BCUT2D eigenvalue weighted by molar-refractivity contribution is 5.94. The molecule has 1 unspecified atom stereocenters. The fourth-order valence-corrected chi connectivity index (χ4v) is 3.58. The smallest absolute Gasteiger partial charge is 0.326 e. The normalized spacial score (nSPS) is 15.3. The van der Waals surface area contributed by atoms with Gasteiger partial charge in [0.1, 0.15) is 24.1 Å². The number of carbonyl (C=O) groups excluding carboxylic acids is 3. The topological polar surface area (TPSA) is 84.9 Å². The molecule has 0 aromatic heterocycles. The lowest BCUT2D eigenvalue weighted by Crippen LogP contribution is -2.64. The summed E-state index contributed by atoms with van der Waals surface area (Å²) >= 11 is 0. The molecule has 1 saturated heterocycles. The molecule has 3 aromatic carbocycles. The van der Waals surface area contributed by atoms with Gasteiger partial charge in [0.15, 0.2) is 6.10 Å². The summed E-state index contributed by atoms with van der Waals surface area (Å²) in [6.45, 7) is 1.54. The zero-order chi connectivity index (χ0) is 23.2. The molecule has 3 aliphatic rings. The monoisotopic (exact) mass is 444 g/mol. The van der Waals surface area contributed by atoms with E-state index in [0.717, 1.165) is 22.6 Å². The second kappa shape index (κ2) is 9.99. The molecule has 3 aliphatic heterocycles. The second-order valence-electron chi connectivity index (χ2n) is 7.74. The van der Waals surface area contributed by atoms with Crippen molar-refractivity contribution in [3.63, 3.8) is 0 Å². The number of carbonyl (C=O) groups is 3. The Balaban J connectivity index is 0.000000310. The molecule has 7 nitrogen and oxygen atoms in total. The molecule has 1 atom stereocenters. The van der Waals surface area contributed by atoms with E-state index in [1.54, 1.807) is 0 Å². The van der Waals surface area contributed by atoms with Crippen molar-refractivity contribution in [3.8, 4) is 11.5 Å². The summed E-state index contributed by atoms with van der Waals surface area (Å²) < 4.78 is 10.7. The van der Waals surface area contributed by atoms with Crippen LogP contribution in [0.1, 0.15) is 24.2 Å². The Bertz CT molecular complexity index is 1070. The first kappa shape index (κ1) is 22.1. The Morgan fingerprint density at radius 3 is 1.91 bits per heavy atom. The lowest BCUT2D eigenvalue weighted by Gasteiger charge is -2.37. The number of esters is 1. The van der Waals surface area contributed by atoms with Gasteiger partial charge in [-0.15, -0.1) is 0 Å². The first-order chi connectivity index (χ1) is 16.0.